The minimum Gasteiger partial charge on any atom is -0.395 e. The van der Waals surface area contributed by atoms with Crippen LogP contribution in [0.15, 0.2) is 70.3 Å². The van der Waals surface area contributed by atoms with E-state index in [0.29, 0.717) is 43.3 Å². The Kier molecular flexibility index (Phi) is 9.95. The first-order valence-electron chi connectivity index (χ1n) is 11.6. The average molecular weight is 497 g/mol. The van der Waals surface area contributed by atoms with Crippen molar-refractivity contribution in [2.45, 2.75) is 0 Å². The standard InChI is InChI=1S/C25H32N6O5/c26-24-23(36)17-22(27-18-1-5-20(6-2-18)30(9-13-32)10-14-33)25(29-24)28-19-3-7-21(8-4-19)31(11-15-34)12-16-35/h1-8,17,27,32-35H,9-16H2,(H2,26,28,29). The zero-order chi connectivity index (χ0) is 25.9. The number of aliphatic hydroxyl groups excluding tert-OH is 4. The van der Waals surface area contributed by atoms with Gasteiger partial charge in [0, 0.05) is 49.3 Å². The Hall–Kier alpha value is -3.77. The van der Waals surface area contributed by atoms with Crippen molar-refractivity contribution in [3.8, 4) is 0 Å². The van der Waals surface area contributed by atoms with Gasteiger partial charge >= 0.3 is 0 Å². The molecule has 0 unspecified atom stereocenters. The van der Waals surface area contributed by atoms with Crippen molar-refractivity contribution in [1.29, 1.82) is 0 Å². The zero-order valence-corrected chi connectivity index (χ0v) is 19.9. The van der Waals surface area contributed by atoms with Crippen LogP contribution >= 0.6 is 0 Å². The van der Waals surface area contributed by atoms with E-state index in [-0.39, 0.29) is 38.1 Å². The van der Waals surface area contributed by atoms with Crippen LogP contribution in [-0.4, -0.2) is 90.5 Å². The molecule has 0 amide bonds. The first-order valence-corrected chi connectivity index (χ1v) is 11.6. The highest BCUT2D eigenvalue weighted by Crippen LogP contribution is 2.23. The fourth-order valence-electron chi connectivity index (χ4n) is 3.67. The van der Waals surface area contributed by atoms with Crippen molar-refractivity contribution in [3.63, 3.8) is 0 Å². The van der Waals surface area contributed by atoms with E-state index in [2.05, 4.69) is 15.3 Å². The van der Waals surface area contributed by atoms with Crippen LogP contribution in [0.3, 0.4) is 0 Å². The van der Waals surface area contributed by atoms with Gasteiger partial charge in [-0.05, 0) is 48.5 Å². The molecule has 11 heteroatoms. The summed E-state index contributed by atoms with van der Waals surface area (Å²) in [4.78, 5) is 24.6. The topological polar surface area (TPSA) is 167 Å². The number of carbonyl (C=O) groups excluding carboxylic acids is 1. The molecule has 0 aromatic heterocycles. The molecular formula is C25H32N6O5. The van der Waals surface area contributed by atoms with Crippen molar-refractivity contribution in [2.24, 2.45) is 15.7 Å². The average Bonchev–Trinajstić information content (AvgIpc) is 2.88. The van der Waals surface area contributed by atoms with Crippen LogP contribution in [0.5, 0.6) is 0 Å². The molecule has 11 nitrogen and oxygen atoms in total. The molecular weight excluding hydrogens is 464 g/mol. The van der Waals surface area contributed by atoms with E-state index >= 15 is 0 Å². The highest BCUT2D eigenvalue weighted by atomic mass is 16.3. The lowest BCUT2D eigenvalue weighted by molar-refractivity contribution is -0.109. The molecule has 0 bridgehead atoms. The number of hydrogen-bond acceptors (Lipinski definition) is 10. The maximum Gasteiger partial charge on any atom is 0.222 e. The number of aliphatic imine (C=N–C) groups is 2. The summed E-state index contributed by atoms with van der Waals surface area (Å²) in [7, 11) is 0. The van der Waals surface area contributed by atoms with Crippen LogP contribution in [-0.2, 0) is 4.79 Å². The molecule has 0 atom stereocenters. The highest BCUT2D eigenvalue weighted by molar-refractivity contribution is 6.47. The number of hydrogen-bond donors (Lipinski definition) is 6. The van der Waals surface area contributed by atoms with Crippen molar-refractivity contribution in [3.05, 3.63) is 60.3 Å². The fourth-order valence-corrected chi connectivity index (χ4v) is 3.67. The van der Waals surface area contributed by atoms with Gasteiger partial charge in [-0.1, -0.05) is 0 Å². The van der Waals surface area contributed by atoms with Gasteiger partial charge in [0.1, 0.15) is 0 Å². The first-order chi connectivity index (χ1) is 17.5. The SMILES string of the molecule is NC1=N/C(=N\c2ccc(N(CCO)CCO)cc2)C(Nc2ccc(N(CCO)CCO)cc2)=CC1=O. The summed E-state index contributed by atoms with van der Waals surface area (Å²) < 4.78 is 0. The van der Waals surface area contributed by atoms with E-state index in [0.717, 1.165) is 11.4 Å². The van der Waals surface area contributed by atoms with Gasteiger partial charge < -0.3 is 41.3 Å². The fraction of sp³-hybridized carbons (Fsp3) is 0.320. The number of nitrogens with one attached hydrogen (secondary N) is 1. The molecule has 192 valence electrons. The molecule has 1 aliphatic heterocycles. The molecule has 36 heavy (non-hydrogen) atoms. The van der Waals surface area contributed by atoms with Gasteiger partial charge in [-0.3, -0.25) is 4.79 Å². The summed E-state index contributed by atoms with van der Waals surface area (Å²) in [5, 5.41) is 40.2. The number of nitrogens with zero attached hydrogens (tertiary/aromatic N) is 4. The summed E-state index contributed by atoms with van der Waals surface area (Å²) in [6.07, 6.45) is 1.34. The number of amidine groups is 2. The zero-order valence-electron chi connectivity index (χ0n) is 19.9. The third-order valence-corrected chi connectivity index (χ3v) is 5.44. The molecule has 1 aliphatic rings. The Morgan fingerprint density at radius 3 is 1.72 bits per heavy atom. The Balaban J connectivity index is 1.81. The van der Waals surface area contributed by atoms with E-state index in [4.69, 9.17) is 5.73 Å². The van der Waals surface area contributed by atoms with Crippen LogP contribution in [0.4, 0.5) is 22.7 Å². The molecule has 7 N–H and O–H groups in total. The predicted molar refractivity (Wildman–Crippen MR) is 141 cm³/mol. The summed E-state index contributed by atoms with van der Waals surface area (Å²) in [5.74, 6) is -0.343. The lowest BCUT2D eigenvalue weighted by Gasteiger charge is -2.23. The summed E-state index contributed by atoms with van der Waals surface area (Å²) >= 11 is 0. The Bertz CT molecular complexity index is 1090. The van der Waals surface area contributed by atoms with Crippen LogP contribution in [0.1, 0.15) is 0 Å². The molecule has 0 fully saturated rings. The number of anilines is 3. The summed E-state index contributed by atoms with van der Waals surface area (Å²) in [5.41, 5.74) is 9.09. The Labute approximate surface area is 209 Å². The molecule has 3 rings (SSSR count). The van der Waals surface area contributed by atoms with Gasteiger partial charge in [0.05, 0.1) is 37.8 Å². The first kappa shape index (κ1) is 26.8. The third-order valence-electron chi connectivity index (χ3n) is 5.44. The second-order valence-corrected chi connectivity index (χ2v) is 7.91. The second kappa shape index (κ2) is 13.4. The van der Waals surface area contributed by atoms with E-state index < -0.39 is 5.78 Å². The Morgan fingerprint density at radius 1 is 0.778 bits per heavy atom. The summed E-state index contributed by atoms with van der Waals surface area (Å²) in [6.45, 7) is 1.45. The number of benzene rings is 2. The predicted octanol–water partition coefficient (Wildman–Crippen LogP) is 0.234. The highest BCUT2D eigenvalue weighted by Gasteiger charge is 2.19. The lowest BCUT2D eigenvalue weighted by Crippen LogP contribution is -2.30. The quantitative estimate of drug-likeness (QED) is 0.227. The molecule has 2 aromatic rings. The van der Waals surface area contributed by atoms with Crippen LogP contribution in [0, 0.1) is 0 Å². The number of carbonyl (C=O) groups is 1. The maximum atomic E-state index is 12.2. The number of rotatable bonds is 13. The number of nitrogens with two attached hydrogens (primary N) is 1. The van der Waals surface area contributed by atoms with E-state index in [1.54, 1.807) is 12.1 Å². The Morgan fingerprint density at radius 2 is 1.25 bits per heavy atom. The number of ketones is 1. The lowest BCUT2D eigenvalue weighted by atomic mass is 10.2. The smallest absolute Gasteiger partial charge is 0.222 e. The van der Waals surface area contributed by atoms with Crippen LogP contribution < -0.4 is 20.9 Å². The minimum absolute atomic E-state index is 0.0316. The normalized spacial score (nSPS) is 14.4. The minimum atomic E-state index is -0.427. The molecule has 0 saturated heterocycles. The van der Waals surface area contributed by atoms with Crippen molar-refractivity contribution in [2.75, 3.05) is 67.7 Å². The van der Waals surface area contributed by atoms with Crippen molar-refractivity contribution < 1.29 is 25.2 Å². The number of dihydropyridines is 1. The molecule has 1 heterocycles. The molecule has 0 saturated carbocycles. The van der Waals surface area contributed by atoms with Gasteiger partial charge in [-0.15, -0.1) is 0 Å². The molecule has 0 spiro atoms. The second-order valence-electron chi connectivity index (χ2n) is 7.91. The van der Waals surface area contributed by atoms with Gasteiger partial charge in [0.15, 0.2) is 11.7 Å². The van der Waals surface area contributed by atoms with Crippen molar-refractivity contribution >= 4 is 40.2 Å². The van der Waals surface area contributed by atoms with Gasteiger partial charge in [-0.2, -0.15) is 0 Å². The van der Waals surface area contributed by atoms with E-state index in [1.807, 2.05) is 46.2 Å². The summed E-state index contributed by atoms with van der Waals surface area (Å²) in [6, 6.07) is 14.5. The van der Waals surface area contributed by atoms with E-state index in [1.165, 1.54) is 6.08 Å². The third kappa shape index (κ3) is 7.12. The molecule has 2 aromatic carbocycles. The van der Waals surface area contributed by atoms with E-state index in [9.17, 15) is 25.2 Å². The molecule has 0 radical (unpaired) electrons. The van der Waals surface area contributed by atoms with Gasteiger partial charge in [-0.25, -0.2) is 9.98 Å². The maximum absolute atomic E-state index is 12.2. The largest absolute Gasteiger partial charge is 0.395 e. The van der Waals surface area contributed by atoms with Crippen LogP contribution in [0.2, 0.25) is 0 Å². The monoisotopic (exact) mass is 496 g/mol. The van der Waals surface area contributed by atoms with Crippen molar-refractivity contribution in [1.82, 2.24) is 0 Å². The number of aliphatic hydroxyl groups is 4. The van der Waals surface area contributed by atoms with Crippen LogP contribution in [0.25, 0.3) is 0 Å². The van der Waals surface area contributed by atoms with Gasteiger partial charge in [0.25, 0.3) is 0 Å². The van der Waals surface area contributed by atoms with Gasteiger partial charge in [0.2, 0.25) is 5.78 Å². The molecule has 0 aliphatic carbocycles.